The number of fused-ring (bicyclic) bond motifs is 1. The van der Waals surface area contributed by atoms with E-state index < -0.39 is 0 Å². The summed E-state index contributed by atoms with van der Waals surface area (Å²) >= 11 is 0. The molecule has 0 atom stereocenters. The van der Waals surface area contributed by atoms with Crippen molar-refractivity contribution in [2.24, 2.45) is 5.92 Å². The van der Waals surface area contributed by atoms with Crippen LogP contribution in [0.15, 0.2) is 18.2 Å². The Balaban J connectivity index is 1.70. The van der Waals surface area contributed by atoms with Crippen LogP contribution in [0.25, 0.3) is 0 Å². The number of piperidine rings is 1. The lowest BCUT2D eigenvalue weighted by molar-refractivity contribution is -0.121. The molecular formula is C20H29N3O3. The van der Waals surface area contributed by atoms with E-state index in [0.29, 0.717) is 30.3 Å². The highest BCUT2D eigenvalue weighted by Gasteiger charge is 2.26. The molecule has 0 aromatic heterocycles. The smallest absolute Gasteiger partial charge is 0.265 e. The lowest BCUT2D eigenvalue weighted by atomic mass is 10.1. The number of ether oxygens (including phenoxy) is 1. The molecular weight excluding hydrogens is 330 g/mol. The molecule has 6 nitrogen and oxygen atoms in total. The summed E-state index contributed by atoms with van der Waals surface area (Å²) in [4.78, 5) is 28.7. The minimum absolute atomic E-state index is 0.0112. The van der Waals surface area contributed by atoms with Crippen LogP contribution >= 0.6 is 0 Å². The van der Waals surface area contributed by atoms with E-state index in [2.05, 4.69) is 10.2 Å². The van der Waals surface area contributed by atoms with Crippen LogP contribution in [0.1, 0.15) is 39.5 Å². The van der Waals surface area contributed by atoms with Crippen LogP contribution in [0.2, 0.25) is 0 Å². The first-order valence-electron chi connectivity index (χ1n) is 9.62. The zero-order chi connectivity index (χ0) is 18.5. The van der Waals surface area contributed by atoms with Crippen molar-refractivity contribution in [2.45, 2.75) is 39.5 Å². The predicted octanol–water partition coefficient (Wildman–Crippen LogP) is 2.88. The first-order valence-corrected chi connectivity index (χ1v) is 9.62. The molecule has 1 saturated heterocycles. The van der Waals surface area contributed by atoms with Gasteiger partial charge in [0.15, 0.2) is 6.61 Å². The molecule has 0 spiro atoms. The van der Waals surface area contributed by atoms with Crippen LogP contribution in [0.3, 0.4) is 0 Å². The minimum atomic E-state index is -0.0276. The summed E-state index contributed by atoms with van der Waals surface area (Å²) in [5.41, 5.74) is 1.45. The van der Waals surface area contributed by atoms with Gasteiger partial charge < -0.3 is 19.9 Å². The van der Waals surface area contributed by atoms with E-state index in [1.165, 1.54) is 19.3 Å². The monoisotopic (exact) mass is 359 g/mol. The quantitative estimate of drug-likeness (QED) is 0.848. The van der Waals surface area contributed by atoms with Gasteiger partial charge in [0.05, 0.1) is 5.69 Å². The Kier molecular flexibility index (Phi) is 6.14. The maximum atomic E-state index is 12.4. The van der Waals surface area contributed by atoms with Crippen molar-refractivity contribution in [3.63, 3.8) is 0 Å². The largest absolute Gasteiger partial charge is 0.482 e. The van der Waals surface area contributed by atoms with Gasteiger partial charge in [0.2, 0.25) is 5.91 Å². The van der Waals surface area contributed by atoms with Crippen molar-refractivity contribution in [3.05, 3.63) is 18.2 Å². The molecule has 2 heterocycles. The molecule has 2 aliphatic heterocycles. The molecule has 1 aromatic rings. The van der Waals surface area contributed by atoms with Gasteiger partial charge >= 0.3 is 0 Å². The number of nitrogens with one attached hydrogen (secondary N) is 1. The molecule has 0 radical (unpaired) electrons. The number of benzene rings is 1. The summed E-state index contributed by atoms with van der Waals surface area (Å²) in [6.07, 6.45) is 4.25. The van der Waals surface area contributed by atoms with Gasteiger partial charge in [-0.2, -0.15) is 0 Å². The Bertz CT molecular complexity index is 654. The van der Waals surface area contributed by atoms with E-state index in [-0.39, 0.29) is 18.4 Å². The Morgan fingerprint density at radius 1 is 1.19 bits per heavy atom. The lowest BCUT2D eigenvalue weighted by Crippen LogP contribution is -2.44. The van der Waals surface area contributed by atoms with Gasteiger partial charge in [-0.3, -0.25) is 9.59 Å². The van der Waals surface area contributed by atoms with E-state index in [1.807, 2.05) is 32.0 Å². The molecule has 6 heteroatoms. The summed E-state index contributed by atoms with van der Waals surface area (Å²) in [5.74, 6) is 0.965. The highest BCUT2D eigenvalue weighted by molar-refractivity contribution is 5.99. The van der Waals surface area contributed by atoms with Crippen LogP contribution in [-0.2, 0) is 9.59 Å². The Morgan fingerprint density at radius 3 is 2.69 bits per heavy atom. The molecule has 0 unspecified atom stereocenters. The minimum Gasteiger partial charge on any atom is -0.482 e. The fraction of sp³-hybridized carbons (Fsp3) is 0.600. The van der Waals surface area contributed by atoms with Crippen molar-refractivity contribution < 1.29 is 14.3 Å². The first-order chi connectivity index (χ1) is 12.5. The number of amides is 2. The lowest BCUT2D eigenvalue weighted by Gasteiger charge is -2.33. The number of rotatable bonds is 6. The summed E-state index contributed by atoms with van der Waals surface area (Å²) in [6.45, 7) is 7.84. The second kappa shape index (κ2) is 8.54. The Labute approximate surface area is 155 Å². The van der Waals surface area contributed by atoms with Crippen LogP contribution in [0, 0.1) is 5.92 Å². The van der Waals surface area contributed by atoms with Gasteiger partial charge in [0, 0.05) is 25.2 Å². The van der Waals surface area contributed by atoms with Gasteiger partial charge in [-0.05, 0) is 50.0 Å². The van der Waals surface area contributed by atoms with E-state index in [9.17, 15) is 9.59 Å². The zero-order valence-electron chi connectivity index (χ0n) is 15.8. The van der Waals surface area contributed by atoms with Crippen molar-refractivity contribution in [1.82, 2.24) is 4.90 Å². The number of carbonyl (C=O) groups excluding carboxylic acids is 2. The number of carbonyl (C=O) groups is 2. The fourth-order valence-electron chi connectivity index (χ4n) is 3.53. The molecule has 2 amide bonds. The molecule has 142 valence electrons. The molecule has 26 heavy (non-hydrogen) atoms. The van der Waals surface area contributed by atoms with Crippen LogP contribution in [-0.4, -0.2) is 49.5 Å². The van der Waals surface area contributed by atoms with Crippen LogP contribution in [0.4, 0.5) is 11.4 Å². The summed E-state index contributed by atoms with van der Waals surface area (Å²) in [6, 6.07) is 5.51. The summed E-state index contributed by atoms with van der Waals surface area (Å²) < 4.78 is 5.56. The van der Waals surface area contributed by atoms with Gasteiger partial charge in [-0.15, -0.1) is 0 Å². The van der Waals surface area contributed by atoms with Gasteiger partial charge in [0.25, 0.3) is 5.91 Å². The molecule has 0 aliphatic carbocycles. The van der Waals surface area contributed by atoms with Gasteiger partial charge in [-0.1, -0.05) is 20.3 Å². The third-order valence-electron chi connectivity index (χ3n) is 4.87. The Morgan fingerprint density at radius 2 is 1.96 bits per heavy atom. The molecule has 1 fully saturated rings. The van der Waals surface area contributed by atoms with Crippen molar-refractivity contribution in [1.29, 1.82) is 0 Å². The van der Waals surface area contributed by atoms with Crippen LogP contribution in [0.5, 0.6) is 5.75 Å². The fourth-order valence-corrected chi connectivity index (χ4v) is 3.53. The standard InChI is InChI=1S/C20H29N3O3/c1-15(2)12-19(24)21-16-6-7-18-17(13-16)23(20(25)14-26-18)11-10-22-8-4-3-5-9-22/h6-7,13,15H,3-5,8-12,14H2,1-2H3,(H,21,24). The maximum Gasteiger partial charge on any atom is 0.265 e. The molecule has 0 bridgehead atoms. The van der Waals surface area contributed by atoms with Crippen LogP contribution < -0.4 is 15.0 Å². The molecule has 1 aromatic carbocycles. The van der Waals surface area contributed by atoms with Gasteiger partial charge in [-0.25, -0.2) is 0 Å². The normalized spacial score (nSPS) is 17.8. The van der Waals surface area contributed by atoms with Crippen molar-refractivity contribution >= 4 is 23.2 Å². The number of hydrogen-bond donors (Lipinski definition) is 1. The van der Waals surface area contributed by atoms with E-state index >= 15 is 0 Å². The SMILES string of the molecule is CC(C)CC(=O)Nc1ccc2c(c1)N(CCN1CCCCC1)C(=O)CO2. The average molecular weight is 359 g/mol. The maximum absolute atomic E-state index is 12.4. The third-order valence-corrected chi connectivity index (χ3v) is 4.87. The second-order valence-electron chi connectivity index (χ2n) is 7.57. The number of likely N-dealkylation sites (tertiary alicyclic amines) is 1. The molecule has 2 aliphatic rings. The van der Waals surface area contributed by atoms with Gasteiger partial charge in [0.1, 0.15) is 5.75 Å². The van der Waals surface area contributed by atoms with E-state index in [0.717, 1.165) is 25.3 Å². The predicted molar refractivity (Wildman–Crippen MR) is 103 cm³/mol. The number of anilines is 2. The Hall–Kier alpha value is -2.08. The summed E-state index contributed by atoms with van der Waals surface area (Å²) in [5, 5.41) is 2.92. The molecule has 1 N–H and O–H groups in total. The number of hydrogen-bond acceptors (Lipinski definition) is 4. The second-order valence-corrected chi connectivity index (χ2v) is 7.57. The average Bonchev–Trinajstić information content (AvgIpc) is 2.61. The first kappa shape index (κ1) is 18.7. The molecule has 3 rings (SSSR count). The number of nitrogens with zero attached hydrogens (tertiary/aromatic N) is 2. The zero-order valence-corrected chi connectivity index (χ0v) is 15.8. The van der Waals surface area contributed by atoms with Crippen molar-refractivity contribution in [3.8, 4) is 5.75 Å². The topological polar surface area (TPSA) is 61.9 Å². The summed E-state index contributed by atoms with van der Waals surface area (Å²) in [7, 11) is 0. The molecule has 0 saturated carbocycles. The highest BCUT2D eigenvalue weighted by Crippen LogP contribution is 2.34. The van der Waals surface area contributed by atoms with E-state index in [4.69, 9.17) is 4.74 Å². The van der Waals surface area contributed by atoms with E-state index in [1.54, 1.807) is 4.90 Å². The third kappa shape index (κ3) is 4.75. The highest BCUT2D eigenvalue weighted by atomic mass is 16.5. The van der Waals surface area contributed by atoms with Crippen molar-refractivity contribution in [2.75, 3.05) is 43.0 Å².